The lowest BCUT2D eigenvalue weighted by atomic mass is 10.0. The first-order valence-electron chi connectivity index (χ1n) is 4.88. The smallest absolute Gasteiger partial charge is 0.305 e. The van der Waals surface area contributed by atoms with Crippen LogP contribution in [0.3, 0.4) is 0 Å². The third-order valence-corrected chi connectivity index (χ3v) is 2.30. The fraction of sp³-hybridized carbons (Fsp3) is 0.364. The standard InChI is InChI=1S/C11H14FNO4/c1-16-9-5-10(17-2)7(12)3-6(9)8(13)4-11(14)15/h3,5,8H,4,13H2,1-2H3,(H,14,15). The van der Waals surface area contributed by atoms with Crippen LogP contribution in [0.4, 0.5) is 4.39 Å². The van der Waals surface area contributed by atoms with Gasteiger partial charge in [-0.05, 0) is 6.07 Å². The average Bonchev–Trinajstić information content (AvgIpc) is 2.27. The minimum absolute atomic E-state index is 0.0214. The van der Waals surface area contributed by atoms with Crippen molar-refractivity contribution in [2.24, 2.45) is 5.73 Å². The maximum Gasteiger partial charge on any atom is 0.305 e. The number of ether oxygens (including phenoxy) is 2. The van der Waals surface area contributed by atoms with E-state index in [1.165, 1.54) is 20.3 Å². The Labute approximate surface area is 97.9 Å². The number of hydrogen-bond acceptors (Lipinski definition) is 4. The van der Waals surface area contributed by atoms with Crippen molar-refractivity contribution < 1.29 is 23.8 Å². The first-order chi connectivity index (χ1) is 7.99. The van der Waals surface area contributed by atoms with E-state index in [1.54, 1.807) is 0 Å². The molecule has 0 saturated heterocycles. The van der Waals surface area contributed by atoms with Crippen LogP contribution in [0, 0.1) is 5.82 Å². The van der Waals surface area contributed by atoms with E-state index in [0.717, 1.165) is 6.07 Å². The number of nitrogens with two attached hydrogens (primary N) is 1. The molecule has 0 bridgehead atoms. The Balaban J connectivity index is 3.13. The molecule has 0 aliphatic heterocycles. The molecule has 3 N–H and O–H groups in total. The molecule has 17 heavy (non-hydrogen) atoms. The summed E-state index contributed by atoms with van der Waals surface area (Å²) in [6, 6.07) is 1.64. The predicted molar refractivity (Wildman–Crippen MR) is 58.7 cm³/mol. The summed E-state index contributed by atoms with van der Waals surface area (Å²) in [4.78, 5) is 10.6. The molecular formula is C11H14FNO4. The Kier molecular flexibility index (Phi) is 4.28. The molecule has 1 aromatic carbocycles. The molecule has 0 fully saturated rings. The molecule has 0 radical (unpaired) electrons. The van der Waals surface area contributed by atoms with Gasteiger partial charge in [0.1, 0.15) is 5.75 Å². The molecule has 0 aromatic heterocycles. The van der Waals surface area contributed by atoms with E-state index in [4.69, 9.17) is 20.3 Å². The molecule has 94 valence electrons. The van der Waals surface area contributed by atoms with Crippen molar-refractivity contribution in [3.8, 4) is 11.5 Å². The number of methoxy groups -OCH3 is 2. The minimum atomic E-state index is -1.06. The third-order valence-electron chi connectivity index (χ3n) is 2.30. The highest BCUT2D eigenvalue weighted by molar-refractivity contribution is 5.68. The second-order valence-electron chi connectivity index (χ2n) is 3.43. The highest BCUT2D eigenvalue weighted by Gasteiger charge is 2.18. The lowest BCUT2D eigenvalue weighted by Gasteiger charge is -2.15. The van der Waals surface area contributed by atoms with E-state index in [-0.39, 0.29) is 12.2 Å². The zero-order valence-electron chi connectivity index (χ0n) is 9.57. The van der Waals surface area contributed by atoms with Gasteiger partial charge < -0.3 is 20.3 Å². The summed E-state index contributed by atoms with van der Waals surface area (Å²) in [5.74, 6) is -1.34. The van der Waals surface area contributed by atoms with E-state index in [9.17, 15) is 9.18 Å². The highest BCUT2D eigenvalue weighted by atomic mass is 19.1. The van der Waals surface area contributed by atoms with Crippen LogP contribution in [0.5, 0.6) is 11.5 Å². The van der Waals surface area contributed by atoms with Gasteiger partial charge in [0, 0.05) is 17.7 Å². The zero-order chi connectivity index (χ0) is 13.0. The molecule has 0 heterocycles. The number of benzene rings is 1. The number of rotatable bonds is 5. The minimum Gasteiger partial charge on any atom is -0.496 e. The summed E-state index contributed by atoms with van der Waals surface area (Å²) in [7, 11) is 2.72. The lowest BCUT2D eigenvalue weighted by molar-refractivity contribution is -0.137. The third kappa shape index (κ3) is 3.07. The van der Waals surface area contributed by atoms with Gasteiger partial charge in [0.2, 0.25) is 0 Å². The summed E-state index contributed by atoms with van der Waals surface area (Å²) in [6.45, 7) is 0. The van der Waals surface area contributed by atoms with E-state index < -0.39 is 17.8 Å². The van der Waals surface area contributed by atoms with Gasteiger partial charge in [-0.2, -0.15) is 0 Å². The van der Waals surface area contributed by atoms with Gasteiger partial charge in [-0.1, -0.05) is 0 Å². The maximum absolute atomic E-state index is 13.5. The van der Waals surface area contributed by atoms with Gasteiger partial charge in [-0.25, -0.2) is 4.39 Å². The molecule has 1 aromatic rings. The van der Waals surface area contributed by atoms with Crippen LogP contribution in [0.1, 0.15) is 18.0 Å². The zero-order valence-corrected chi connectivity index (χ0v) is 9.57. The van der Waals surface area contributed by atoms with Crippen molar-refractivity contribution in [1.29, 1.82) is 0 Å². The number of hydrogen-bond donors (Lipinski definition) is 2. The van der Waals surface area contributed by atoms with Crippen LogP contribution in [0.15, 0.2) is 12.1 Å². The van der Waals surface area contributed by atoms with Crippen LogP contribution in [-0.2, 0) is 4.79 Å². The lowest BCUT2D eigenvalue weighted by Crippen LogP contribution is -2.16. The fourth-order valence-electron chi connectivity index (χ4n) is 1.47. The van der Waals surface area contributed by atoms with Crippen molar-refractivity contribution in [1.82, 2.24) is 0 Å². The van der Waals surface area contributed by atoms with E-state index in [2.05, 4.69) is 0 Å². The van der Waals surface area contributed by atoms with Crippen LogP contribution in [-0.4, -0.2) is 25.3 Å². The molecule has 5 nitrogen and oxygen atoms in total. The van der Waals surface area contributed by atoms with Crippen molar-refractivity contribution in [3.63, 3.8) is 0 Å². The quantitative estimate of drug-likeness (QED) is 0.815. The highest BCUT2D eigenvalue weighted by Crippen LogP contribution is 2.32. The molecule has 0 aliphatic rings. The predicted octanol–water partition coefficient (Wildman–Crippen LogP) is 1.32. The molecule has 0 saturated carbocycles. The van der Waals surface area contributed by atoms with E-state index in [1.807, 2.05) is 0 Å². The molecule has 0 amide bonds. The fourth-order valence-corrected chi connectivity index (χ4v) is 1.47. The molecule has 1 rings (SSSR count). The topological polar surface area (TPSA) is 81.8 Å². The number of aliphatic carboxylic acids is 1. The van der Waals surface area contributed by atoms with Gasteiger partial charge in [0.25, 0.3) is 0 Å². The largest absolute Gasteiger partial charge is 0.496 e. The van der Waals surface area contributed by atoms with Gasteiger partial charge in [0.15, 0.2) is 11.6 Å². The summed E-state index contributed by atoms with van der Waals surface area (Å²) in [5, 5.41) is 8.64. The molecule has 1 unspecified atom stereocenters. The monoisotopic (exact) mass is 243 g/mol. The first-order valence-corrected chi connectivity index (χ1v) is 4.88. The van der Waals surface area contributed by atoms with Crippen LogP contribution in [0.2, 0.25) is 0 Å². The summed E-state index contributed by atoms with van der Waals surface area (Å²) >= 11 is 0. The van der Waals surface area contributed by atoms with Crippen LogP contribution in [0.25, 0.3) is 0 Å². The number of carbonyl (C=O) groups is 1. The molecule has 0 spiro atoms. The summed E-state index contributed by atoms with van der Waals surface area (Å²) < 4.78 is 23.3. The maximum atomic E-state index is 13.5. The normalized spacial score (nSPS) is 12.0. The molecule has 6 heteroatoms. The van der Waals surface area contributed by atoms with Crippen LogP contribution >= 0.6 is 0 Å². The van der Waals surface area contributed by atoms with Gasteiger partial charge in [-0.15, -0.1) is 0 Å². The summed E-state index contributed by atoms with van der Waals surface area (Å²) in [5.41, 5.74) is 5.96. The Morgan fingerprint density at radius 3 is 2.47 bits per heavy atom. The Bertz CT molecular complexity index is 422. The average molecular weight is 243 g/mol. The number of carboxylic acids is 1. The number of carboxylic acid groups (broad SMARTS) is 1. The van der Waals surface area contributed by atoms with E-state index in [0.29, 0.717) is 11.3 Å². The van der Waals surface area contributed by atoms with Gasteiger partial charge in [-0.3, -0.25) is 4.79 Å². The number of halogens is 1. The second-order valence-corrected chi connectivity index (χ2v) is 3.43. The van der Waals surface area contributed by atoms with E-state index >= 15 is 0 Å². The Morgan fingerprint density at radius 1 is 1.41 bits per heavy atom. The summed E-state index contributed by atoms with van der Waals surface area (Å²) in [6.07, 6.45) is -0.303. The molecular weight excluding hydrogens is 229 g/mol. The molecule has 0 aliphatic carbocycles. The Hall–Kier alpha value is -1.82. The van der Waals surface area contributed by atoms with Crippen molar-refractivity contribution in [2.75, 3.05) is 14.2 Å². The van der Waals surface area contributed by atoms with Crippen molar-refractivity contribution in [2.45, 2.75) is 12.5 Å². The molecule has 1 atom stereocenters. The second kappa shape index (κ2) is 5.49. The van der Waals surface area contributed by atoms with Gasteiger partial charge in [0.05, 0.1) is 20.6 Å². The van der Waals surface area contributed by atoms with Crippen LogP contribution < -0.4 is 15.2 Å². The van der Waals surface area contributed by atoms with Crippen molar-refractivity contribution in [3.05, 3.63) is 23.5 Å². The SMILES string of the molecule is COc1cc(OC)c(C(N)CC(=O)O)cc1F. The Morgan fingerprint density at radius 2 is 2.00 bits per heavy atom. The van der Waals surface area contributed by atoms with Gasteiger partial charge >= 0.3 is 5.97 Å². The first kappa shape index (κ1) is 13.2. The van der Waals surface area contributed by atoms with Crippen molar-refractivity contribution >= 4 is 5.97 Å².